The lowest BCUT2D eigenvalue weighted by molar-refractivity contribution is -0.274. The third-order valence-corrected chi connectivity index (χ3v) is 5.44. The second kappa shape index (κ2) is 9.01. The number of halogens is 3. The van der Waals surface area contributed by atoms with E-state index in [0.29, 0.717) is 23.6 Å². The zero-order valence-electron chi connectivity index (χ0n) is 17.6. The van der Waals surface area contributed by atoms with Crippen LogP contribution in [0, 0.1) is 5.92 Å². The summed E-state index contributed by atoms with van der Waals surface area (Å²) >= 11 is 0. The molecule has 0 spiro atoms. The van der Waals surface area contributed by atoms with Crippen LogP contribution in [0.25, 0.3) is 11.1 Å². The summed E-state index contributed by atoms with van der Waals surface area (Å²) in [6, 6.07) is 15.0. The minimum Gasteiger partial charge on any atom is -0.496 e. The van der Waals surface area contributed by atoms with E-state index in [1.165, 1.54) is 18.2 Å². The highest BCUT2D eigenvalue weighted by Gasteiger charge is 2.45. The Hall–Kier alpha value is -3.75. The number of methoxy groups -OCH3 is 1. The van der Waals surface area contributed by atoms with Crippen LogP contribution in [-0.2, 0) is 11.3 Å². The van der Waals surface area contributed by atoms with Crippen molar-refractivity contribution in [3.8, 4) is 22.6 Å². The Bertz CT molecular complexity index is 1150. The van der Waals surface area contributed by atoms with E-state index in [1.54, 1.807) is 25.4 Å². The number of rotatable bonds is 8. The first-order valence-electron chi connectivity index (χ1n) is 10.2. The van der Waals surface area contributed by atoms with Crippen LogP contribution in [0.4, 0.5) is 19.0 Å². The number of anilines is 1. The van der Waals surface area contributed by atoms with Gasteiger partial charge in [0.25, 0.3) is 0 Å². The lowest BCUT2D eigenvalue weighted by Gasteiger charge is -2.12. The quantitative estimate of drug-likeness (QED) is 0.467. The molecule has 6 nitrogen and oxygen atoms in total. The molecule has 0 unspecified atom stereocenters. The molecule has 9 heteroatoms. The largest absolute Gasteiger partial charge is 0.573 e. The third kappa shape index (κ3) is 5.54. The van der Waals surface area contributed by atoms with Gasteiger partial charge >= 0.3 is 12.3 Å². The van der Waals surface area contributed by atoms with Gasteiger partial charge in [-0.3, -0.25) is 4.79 Å². The first-order chi connectivity index (χ1) is 15.7. The third-order valence-electron chi connectivity index (χ3n) is 5.44. The Morgan fingerprint density at radius 3 is 2.58 bits per heavy atom. The van der Waals surface area contributed by atoms with Gasteiger partial charge < -0.3 is 19.9 Å². The van der Waals surface area contributed by atoms with E-state index in [4.69, 9.17) is 4.74 Å². The number of carbonyl (C=O) groups is 1. The molecule has 1 saturated carbocycles. The SMILES string of the molecule is COc1ccc(-c2ccc(NCc3cccc(OC(F)(F)F)c3)nc2)cc1[C@H]1C[C@@H]1C(=O)O. The number of carboxylic acid groups (broad SMARTS) is 1. The molecule has 3 aromatic rings. The molecule has 2 atom stereocenters. The maximum atomic E-state index is 12.4. The zero-order chi connectivity index (χ0) is 23.6. The number of benzene rings is 2. The number of alkyl halides is 3. The van der Waals surface area contributed by atoms with E-state index < -0.39 is 12.3 Å². The number of aromatic nitrogens is 1. The summed E-state index contributed by atoms with van der Waals surface area (Å²) in [5.74, 6) is -0.318. The molecule has 1 fully saturated rings. The first-order valence-corrected chi connectivity index (χ1v) is 10.2. The summed E-state index contributed by atoms with van der Waals surface area (Å²) in [6.07, 6.45) is -2.47. The van der Waals surface area contributed by atoms with Crippen LogP contribution < -0.4 is 14.8 Å². The molecule has 1 aliphatic carbocycles. The first kappa shape index (κ1) is 22.4. The number of pyridine rings is 1. The molecule has 0 radical (unpaired) electrons. The maximum Gasteiger partial charge on any atom is 0.573 e. The fourth-order valence-electron chi connectivity index (χ4n) is 3.73. The average Bonchev–Trinajstić information content (AvgIpc) is 3.58. The average molecular weight is 458 g/mol. The summed E-state index contributed by atoms with van der Waals surface area (Å²) in [6.45, 7) is 0.270. The predicted octanol–water partition coefficient (Wildman–Crippen LogP) is 5.46. The van der Waals surface area contributed by atoms with Crippen molar-refractivity contribution >= 4 is 11.8 Å². The van der Waals surface area contributed by atoms with E-state index in [1.807, 2.05) is 24.3 Å². The van der Waals surface area contributed by atoms with E-state index in [0.717, 1.165) is 16.7 Å². The highest BCUT2D eigenvalue weighted by Crippen LogP contribution is 2.51. The molecular weight excluding hydrogens is 437 g/mol. The molecule has 1 aliphatic rings. The Morgan fingerprint density at radius 1 is 1.15 bits per heavy atom. The van der Waals surface area contributed by atoms with Crippen LogP contribution in [-0.4, -0.2) is 29.5 Å². The van der Waals surface area contributed by atoms with E-state index in [-0.39, 0.29) is 24.1 Å². The molecular formula is C24H21F3N2O4. The van der Waals surface area contributed by atoms with E-state index in [9.17, 15) is 23.1 Å². The monoisotopic (exact) mass is 458 g/mol. The smallest absolute Gasteiger partial charge is 0.496 e. The van der Waals surface area contributed by atoms with Crippen molar-refractivity contribution in [1.29, 1.82) is 0 Å². The van der Waals surface area contributed by atoms with Crippen molar-refractivity contribution in [3.05, 3.63) is 71.9 Å². The normalized spacial score (nSPS) is 17.3. The molecule has 0 bridgehead atoms. The maximum absolute atomic E-state index is 12.4. The van der Waals surface area contributed by atoms with Crippen molar-refractivity contribution in [1.82, 2.24) is 4.98 Å². The molecule has 0 saturated heterocycles. The number of aliphatic carboxylic acids is 1. The molecule has 1 heterocycles. The molecule has 2 N–H and O–H groups in total. The predicted molar refractivity (Wildman–Crippen MR) is 115 cm³/mol. The van der Waals surface area contributed by atoms with Gasteiger partial charge in [-0.25, -0.2) is 4.98 Å². The number of nitrogens with zero attached hydrogens (tertiary/aromatic N) is 1. The van der Waals surface area contributed by atoms with E-state index >= 15 is 0 Å². The summed E-state index contributed by atoms with van der Waals surface area (Å²) in [5, 5.41) is 12.3. The lowest BCUT2D eigenvalue weighted by atomic mass is 10.0. The number of hydrogen-bond donors (Lipinski definition) is 2. The van der Waals surface area contributed by atoms with Gasteiger partial charge in [0, 0.05) is 24.2 Å². The van der Waals surface area contributed by atoms with Gasteiger partial charge in [0.15, 0.2) is 0 Å². The van der Waals surface area contributed by atoms with Crippen LogP contribution in [0.15, 0.2) is 60.8 Å². The number of carboxylic acids is 1. The minimum absolute atomic E-state index is 0.0663. The van der Waals surface area contributed by atoms with Gasteiger partial charge in [-0.05, 0) is 59.5 Å². The van der Waals surface area contributed by atoms with Gasteiger partial charge in [-0.15, -0.1) is 13.2 Å². The molecule has 0 aliphatic heterocycles. The topological polar surface area (TPSA) is 80.7 Å². The number of hydrogen-bond acceptors (Lipinski definition) is 5. The molecule has 0 amide bonds. The second-order valence-corrected chi connectivity index (χ2v) is 7.72. The van der Waals surface area contributed by atoms with Crippen molar-refractivity contribution < 1.29 is 32.5 Å². The van der Waals surface area contributed by atoms with Gasteiger partial charge in [-0.1, -0.05) is 18.2 Å². The summed E-state index contributed by atoms with van der Waals surface area (Å²) in [7, 11) is 1.56. The van der Waals surface area contributed by atoms with Crippen LogP contribution in [0.3, 0.4) is 0 Å². The van der Waals surface area contributed by atoms with Crippen molar-refractivity contribution in [2.24, 2.45) is 5.92 Å². The Labute approximate surface area is 188 Å². The molecule has 172 valence electrons. The Balaban J connectivity index is 1.44. The highest BCUT2D eigenvalue weighted by molar-refractivity contribution is 5.76. The van der Waals surface area contributed by atoms with Crippen molar-refractivity contribution in [2.45, 2.75) is 25.2 Å². The molecule has 1 aromatic heterocycles. The molecule has 33 heavy (non-hydrogen) atoms. The molecule has 2 aromatic carbocycles. The van der Waals surface area contributed by atoms with Crippen LogP contribution in [0.2, 0.25) is 0 Å². The Morgan fingerprint density at radius 2 is 1.94 bits per heavy atom. The standard InChI is InChI=1S/C24H21F3N2O4/c1-32-21-7-5-15(10-19(21)18-11-20(18)23(30)31)16-6-8-22(29-13-16)28-12-14-3-2-4-17(9-14)33-24(25,26)27/h2-10,13,18,20H,11-12H2,1H3,(H,28,29)(H,30,31)/t18-,20+/m1/s1. The van der Waals surface area contributed by atoms with E-state index in [2.05, 4.69) is 15.0 Å². The van der Waals surface area contributed by atoms with Crippen LogP contribution in [0.1, 0.15) is 23.5 Å². The molecule has 4 rings (SSSR count). The fraction of sp³-hybridized carbons (Fsp3) is 0.250. The van der Waals surface area contributed by atoms with Gasteiger partial charge in [0.2, 0.25) is 0 Å². The highest BCUT2D eigenvalue weighted by atomic mass is 19.4. The summed E-state index contributed by atoms with van der Waals surface area (Å²) in [4.78, 5) is 15.6. The second-order valence-electron chi connectivity index (χ2n) is 7.72. The van der Waals surface area contributed by atoms with Crippen molar-refractivity contribution in [2.75, 3.05) is 12.4 Å². The lowest BCUT2D eigenvalue weighted by Crippen LogP contribution is -2.17. The minimum atomic E-state index is -4.74. The fourth-order valence-corrected chi connectivity index (χ4v) is 3.73. The van der Waals surface area contributed by atoms with Gasteiger partial charge in [0.05, 0.1) is 13.0 Å². The Kier molecular flexibility index (Phi) is 6.13. The van der Waals surface area contributed by atoms with Crippen LogP contribution in [0.5, 0.6) is 11.5 Å². The number of ether oxygens (including phenoxy) is 2. The number of nitrogens with one attached hydrogen (secondary N) is 1. The van der Waals surface area contributed by atoms with Crippen LogP contribution >= 0.6 is 0 Å². The zero-order valence-corrected chi connectivity index (χ0v) is 17.6. The summed E-state index contributed by atoms with van der Waals surface area (Å²) < 4.78 is 46.5. The van der Waals surface area contributed by atoms with Gasteiger partial charge in [-0.2, -0.15) is 0 Å². The summed E-state index contributed by atoms with van der Waals surface area (Å²) in [5.41, 5.74) is 3.21. The van der Waals surface area contributed by atoms with Gasteiger partial charge in [0.1, 0.15) is 17.3 Å². The van der Waals surface area contributed by atoms with Crippen molar-refractivity contribution in [3.63, 3.8) is 0 Å².